The number of para-hydroxylation sites is 1. The lowest BCUT2D eigenvalue weighted by atomic mass is 9.93. The van der Waals surface area contributed by atoms with Gasteiger partial charge in [-0.05, 0) is 51.3 Å². The van der Waals surface area contributed by atoms with E-state index >= 15 is 0 Å². The number of ether oxygens (including phenoxy) is 3. The normalized spacial score (nSPS) is 23.4. The number of azide groups is 1. The van der Waals surface area contributed by atoms with Gasteiger partial charge in [0, 0.05) is 4.91 Å². The number of hydrogen-bond donors (Lipinski definition) is 3. The minimum Gasteiger partial charge on any atom is -0.476 e. The molecule has 1 fully saturated rings. The lowest BCUT2D eigenvalue weighted by Crippen LogP contribution is -2.44. The van der Waals surface area contributed by atoms with E-state index in [0.29, 0.717) is 6.61 Å². The van der Waals surface area contributed by atoms with E-state index in [1.807, 2.05) is 0 Å². The summed E-state index contributed by atoms with van der Waals surface area (Å²) in [6.45, 7) is 9.92. The highest BCUT2D eigenvalue weighted by atomic mass is 31.2. The Morgan fingerprint density at radius 2 is 2.00 bits per heavy atom. The van der Waals surface area contributed by atoms with Crippen LogP contribution in [0.15, 0.2) is 41.8 Å². The number of esters is 1. The fraction of sp³-hybridized carbons (Fsp3) is 0.556. The third-order valence-electron chi connectivity index (χ3n) is 6.90. The second kappa shape index (κ2) is 14.0. The smallest absolute Gasteiger partial charge is 0.459 e. The van der Waals surface area contributed by atoms with Crippen LogP contribution < -0.4 is 20.1 Å². The molecule has 0 bridgehead atoms. The molecule has 3 heterocycles. The van der Waals surface area contributed by atoms with E-state index in [-0.39, 0.29) is 34.7 Å². The topological polar surface area (TPSA) is 231 Å². The van der Waals surface area contributed by atoms with Gasteiger partial charge in [-0.1, -0.05) is 37.2 Å². The average Bonchev–Trinajstić information content (AvgIpc) is 3.49. The molecule has 45 heavy (non-hydrogen) atoms. The van der Waals surface area contributed by atoms with Gasteiger partial charge in [0.05, 0.1) is 31.7 Å². The maximum atomic E-state index is 14.2. The number of carbonyl (C=O) groups is 1. The van der Waals surface area contributed by atoms with Crippen LogP contribution in [-0.4, -0.2) is 73.7 Å². The number of nitrogens with two attached hydrogens (primary N) is 1. The summed E-state index contributed by atoms with van der Waals surface area (Å²) in [4.78, 5) is 28.5. The molecule has 2 unspecified atom stereocenters. The highest BCUT2D eigenvalue weighted by Crippen LogP contribution is 2.48. The Labute approximate surface area is 259 Å². The van der Waals surface area contributed by atoms with Gasteiger partial charge in [0.2, 0.25) is 11.8 Å². The molecule has 0 spiro atoms. The number of nitrogen functional groups attached to an aromatic ring is 1. The molecule has 4 rings (SSSR count). The van der Waals surface area contributed by atoms with E-state index in [0.717, 1.165) is 0 Å². The second-order valence-corrected chi connectivity index (χ2v) is 12.8. The predicted molar refractivity (Wildman–Crippen MR) is 162 cm³/mol. The molecular formula is C27H38N9O8P. The number of aliphatic hydroxyl groups is 1. The van der Waals surface area contributed by atoms with Crippen LogP contribution in [-0.2, 0) is 23.4 Å². The van der Waals surface area contributed by atoms with Gasteiger partial charge in [-0.3, -0.25) is 13.9 Å². The zero-order valence-electron chi connectivity index (χ0n) is 25.8. The van der Waals surface area contributed by atoms with Crippen LogP contribution in [0.2, 0.25) is 0 Å². The van der Waals surface area contributed by atoms with Crippen molar-refractivity contribution in [2.75, 3.05) is 18.9 Å². The summed E-state index contributed by atoms with van der Waals surface area (Å²) >= 11 is 0. The summed E-state index contributed by atoms with van der Waals surface area (Å²) in [7, 11) is -4.34. The van der Waals surface area contributed by atoms with Gasteiger partial charge in [-0.25, -0.2) is 9.55 Å². The Bertz CT molecular complexity index is 1580. The zero-order valence-corrected chi connectivity index (χ0v) is 26.7. The lowest BCUT2D eigenvalue weighted by Gasteiger charge is -2.28. The van der Waals surface area contributed by atoms with Crippen molar-refractivity contribution in [3.63, 3.8) is 0 Å². The number of nitrogens with zero attached hydrogens (tertiary/aromatic N) is 7. The molecule has 1 aliphatic heterocycles. The first-order valence-corrected chi connectivity index (χ1v) is 15.9. The van der Waals surface area contributed by atoms with Gasteiger partial charge in [0.25, 0.3) is 0 Å². The summed E-state index contributed by atoms with van der Waals surface area (Å²) in [5, 5.41) is 18.0. The minimum atomic E-state index is -4.34. The Morgan fingerprint density at radius 1 is 1.29 bits per heavy atom. The van der Waals surface area contributed by atoms with Crippen LogP contribution in [0.5, 0.6) is 11.6 Å². The van der Waals surface area contributed by atoms with Crippen molar-refractivity contribution in [2.45, 2.75) is 77.7 Å². The first-order valence-electron chi connectivity index (χ1n) is 14.3. The highest BCUT2D eigenvalue weighted by molar-refractivity contribution is 7.52. The molecule has 17 nitrogen and oxygen atoms in total. The molecule has 0 saturated carbocycles. The monoisotopic (exact) mass is 647 g/mol. The highest BCUT2D eigenvalue weighted by Gasteiger charge is 2.55. The van der Waals surface area contributed by atoms with Crippen LogP contribution in [0.25, 0.3) is 21.6 Å². The van der Waals surface area contributed by atoms with E-state index in [1.165, 1.54) is 17.8 Å². The zero-order chi connectivity index (χ0) is 32.9. The Morgan fingerprint density at radius 3 is 2.62 bits per heavy atom. The van der Waals surface area contributed by atoms with E-state index in [4.69, 9.17) is 29.0 Å². The fourth-order valence-electron chi connectivity index (χ4n) is 4.73. The number of nitrogens with one attached hydrogen (secondary N) is 1. The molecule has 4 N–H and O–H groups in total. The number of benzene rings is 1. The number of fused-ring (bicyclic) bond motifs is 1. The fourth-order valence-corrected chi connectivity index (χ4v) is 6.40. The molecule has 1 aliphatic rings. The van der Waals surface area contributed by atoms with E-state index in [9.17, 15) is 20.0 Å². The van der Waals surface area contributed by atoms with Crippen LogP contribution in [0.4, 0.5) is 5.95 Å². The number of carbonyl (C=O) groups excluding carboxylic acids is 1. The molecular weight excluding hydrogens is 609 g/mol. The molecule has 1 aromatic carbocycles. The van der Waals surface area contributed by atoms with Crippen LogP contribution in [0.3, 0.4) is 0 Å². The number of rotatable bonds is 14. The second-order valence-electron chi connectivity index (χ2n) is 11.1. The summed E-state index contributed by atoms with van der Waals surface area (Å²) < 4.78 is 44.3. The Hall–Kier alpha value is -3.98. The molecule has 0 amide bonds. The largest absolute Gasteiger partial charge is 0.476 e. The van der Waals surface area contributed by atoms with E-state index in [2.05, 4.69) is 30.1 Å². The van der Waals surface area contributed by atoms with Crippen LogP contribution >= 0.6 is 7.75 Å². The van der Waals surface area contributed by atoms with Crippen LogP contribution in [0.1, 0.15) is 47.8 Å². The van der Waals surface area contributed by atoms with Crippen molar-refractivity contribution in [3.05, 3.63) is 47.1 Å². The number of imidazole rings is 1. The summed E-state index contributed by atoms with van der Waals surface area (Å²) in [6, 6.07) is 7.17. The van der Waals surface area contributed by atoms with Crippen molar-refractivity contribution in [1.82, 2.24) is 24.6 Å². The van der Waals surface area contributed by atoms with Gasteiger partial charge in [-0.15, -0.1) is 0 Å². The maximum Gasteiger partial charge on any atom is 0.459 e. The summed E-state index contributed by atoms with van der Waals surface area (Å²) in [5.74, 6) is -0.775. The van der Waals surface area contributed by atoms with Gasteiger partial charge < -0.3 is 29.6 Å². The quantitative estimate of drug-likeness (QED) is 0.0741. The third-order valence-corrected chi connectivity index (χ3v) is 8.44. The molecule has 1 saturated heterocycles. The van der Waals surface area contributed by atoms with Crippen molar-refractivity contribution < 1.29 is 37.7 Å². The SMILES string of the molecule is CCOc1nc(N)nc2c1ncn2[C@@H]1O[C@H](COP(=O)(N[C@H](C(=O)OC(C)C)C(C)C)Oc2ccccc2)[C@@H](O)C1(C)N=[N+]=[N-]. The first-order chi connectivity index (χ1) is 21.3. The van der Waals surface area contributed by atoms with Crippen molar-refractivity contribution >= 4 is 30.8 Å². The van der Waals surface area contributed by atoms with Crippen molar-refractivity contribution in [1.29, 1.82) is 0 Å². The molecule has 0 aliphatic carbocycles. The molecule has 3 aromatic rings. The molecule has 0 radical (unpaired) electrons. The number of aromatic nitrogens is 4. The van der Waals surface area contributed by atoms with E-state index in [1.54, 1.807) is 65.0 Å². The molecule has 244 valence electrons. The van der Waals surface area contributed by atoms with Gasteiger partial charge in [-0.2, -0.15) is 15.1 Å². The first kappa shape index (κ1) is 33.9. The maximum absolute atomic E-state index is 14.2. The summed E-state index contributed by atoms with van der Waals surface area (Å²) in [6.07, 6.45) is -2.90. The van der Waals surface area contributed by atoms with Crippen molar-refractivity contribution in [2.24, 2.45) is 11.0 Å². The lowest BCUT2D eigenvalue weighted by molar-refractivity contribution is -0.150. The number of anilines is 1. The van der Waals surface area contributed by atoms with Gasteiger partial charge in [0.1, 0.15) is 23.4 Å². The number of aliphatic hydroxyl groups excluding tert-OH is 1. The molecule has 2 aromatic heterocycles. The van der Waals surface area contributed by atoms with Crippen LogP contribution in [0, 0.1) is 5.92 Å². The summed E-state index contributed by atoms with van der Waals surface area (Å²) in [5.41, 5.74) is 14.2. The van der Waals surface area contributed by atoms with Crippen molar-refractivity contribution in [3.8, 4) is 11.6 Å². The average molecular weight is 648 g/mol. The van der Waals surface area contributed by atoms with Gasteiger partial charge in [0.15, 0.2) is 17.4 Å². The minimum absolute atomic E-state index is 0.0996. The van der Waals surface area contributed by atoms with Gasteiger partial charge >= 0.3 is 13.7 Å². The molecule has 6 atom stereocenters. The number of hydrogen-bond acceptors (Lipinski definition) is 13. The third kappa shape index (κ3) is 7.47. The Balaban J connectivity index is 1.66. The predicted octanol–water partition coefficient (Wildman–Crippen LogP) is 3.90. The Kier molecular flexibility index (Phi) is 10.5. The van der Waals surface area contributed by atoms with E-state index < -0.39 is 56.4 Å². The molecule has 18 heteroatoms. The standard InChI is InChI=1S/C27H38N9O8P/c1-7-40-23-20-22(31-26(28)32-23)36(14-30-20)25-27(6,34-35-29)21(37)18(43-25)13-41-45(39,44-17-11-9-8-10-12-17)33-19(15(2)3)24(38)42-16(4)5/h8-12,14-16,18-19,21,25,37H,7,13H2,1-6H3,(H,33,39)(H2,28,31,32)/t18-,19+,21-,25-,27?,45?/m1/s1.